The van der Waals surface area contributed by atoms with Crippen molar-refractivity contribution in [1.82, 2.24) is 9.97 Å². The Morgan fingerprint density at radius 1 is 0.660 bits per heavy atom. The van der Waals surface area contributed by atoms with Gasteiger partial charge in [-0.2, -0.15) is 0 Å². The summed E-state index contributed by atoms with van der Waals surface area (Å²) in [5, 5.41) is 6.45. The standard InChI is InChI=1S/C42H36FN5O5/c1-23-6-13-35(47-30-18-25(3)38(45-21-30)27-8-10-28(11-9-27)40(44)49)32(16-23)41(50)53-42(51)33-17-24(2)7-14-36(33)48-31-19-26(4)39(46-22-31)34-20-29(43)12-15-37(34)52-5/h6-22,47-48H,1-5H3,(H2,44,49). The molecule has 0 bridgehead atoms. The number of carbonyl (C=O) groups excluding carboxylic acids is 3. The van der Waals surface area contributed by atoms with Gasteiger partial charge in [0.05, 0.1) is 64.8 Å². The Bertz CT molecular complexity index is 2390. The van der Waals surface area contributed by atoms with Crippen LogP contribution in [-0.4, -0.2) is 34.9 Å². The number of rotatable bonds is 10. The largest absolute Gasteiger partial charge is 0.496 e. The molecule has 0 aliphatic rings. The van der Waals surface area contributed by atoms with Crippen molar-refractivity contribution in [2.45, 2.75) is 27.7 Å². The summed E-state index contributed by atoms with van der Waals surface area (Å²) >= 11 is 0. The van der Waals surface area contributed by atoms with Gasteiger partial charge in [-0.15, -0.1) is 0 Å². The number of amides is 1. The van der Waals surface area contributed by atoms with Gasteiger partial charge < -0.3 is 25.8 Å². The first-order chi connectivity index (χ1) is 25.4. The Balaban J connectivity index is 1.21. The van der Waals surface area contributed by atoms with E-state index in [0.717, 1.165) is 33.5 Å². The molecule has 0 spiro atoms. The Labute approximate surface area is 305 Å². The average molecular weight is 710 g/mol. The number of aromatic nitrogens is 2. The first kappa shape index (κ1) is 35.9. The van der Waals surface area contributed by atoms with Crippen molar-refractivity contribution >= 4 is 40.6 Å². The summed E-state index contributed by atoms with van der Waals surface area (Å²) in [6.45, 7) is 7.40. The molecule has 2 heterocycles. The maximum absolute atomic E-state index is 14.1. The van der Waals surface area contributed by atoms with Crippen LogP contribution < -0.4 is 21.1 Å². The number of hydrogen-bond acceptors (Lipinski definition) is 9. The van der Waals surface area contributed by atoms with Crippen LogP contribution in [0.25, 0.3) is 22.5 Å². The quantitative estimate of drug-likeness (QED) is 0.0939. The Kier molecular flexibility index (Phi) is 10.3. The molecule has 10 nitrogen and oxygen atoms in total. The zero-order chi connectivity index (χ0) is 37.8. The van der Waals surface area contributed by atoms with E-state index in [1.165, 1.54) is 19.2 Å². The molecule has 11 heteroatoms. The number of pyridine rings is 2. The first-order valence-corrected chi connectivity index (χ1v) is 16.6. The van der Waals surface area contributed by atoms with Crippen LogP contribution in [0.3, 0.4) is 0 Å². The van der Waals surface area contributed by atoms with Crippen molar-refractivity contribution in [1.29, 1.82) is 0 Å². The lowest BCUT2D eigenvalue weighted by Crippen LogP contribution is -2.16. The number of ether oxygens (including phenoxy) is 2. The molecule has 0 aliphatic carbocycles. The third-order valence-corrected chi connectivity index (χ3v) is 8.55. The monoisotopic (exact) mass is 709 g/mol. The van der Waals surface area contributed by atoms with Crippen molar-refractivity contribution in [2.24, 2.45) is 5.73 Å². The molecule has 0 unspecified atom stereocenters. The number of benzene rings is 4. The van der Waals surface area contributed by atoms with Crippen molar-refractivity contribution in [3.8, 4) is 28.3 Å². The predicted molar refractivity (Wildman–Crippen MR) is 203 cm³/mol. The number of aryl methyl sites for hydroxylation is 4. The van der Waals surface area contributed by atoms with Crippen LogP contribution in [0.4, 0.5) is 27.1 Å². The number of nitrogens with zero attached hydrogens (tertiary/aromatic N) is 2. The molecule has 0 aliphatic heterocycles. The van der Waals surface area contributed by atoms with E-state index in [0.29, 0.717) is 45.3 Å². The van der Waals surface area contributed by atoms with Crippen LogP contribution in [0, 0.1) is 33.5 Å². The van der Waals surface area contributed by atoms with E-state index in [-0.39, 0.29) is 11.1 Å². The van der Waals surface area contributed by atoms with Crippen molar-refractivity contribution < 1.29 is 28.2 Å². The van der Waals surface area contributed by atoms with E-state index in [9.17, 15) is 18.8 Å². The van der Waals surface area contributed by atoms with Gasteiger partial charge in [0.1, 0.15) is 11.6 Å². The van der Waals surface area contributed by atoms with E-state index in [1.807, 2.05) is 52.0 Å². The average Bonchev–Trinajstić information content (AvgIpc) is 3.13. The summed E-state index contributed by atoms with van der Waals surface area (Å²) in [5.74, 6) is -2.12. The highest BCUT2D eigenvalue weighted by molar-refractivity contribution is 6.08. The van der Waals surface area contributed by atoms with E-state index < -0.39 is 23.7 Å². The van der Waals surface area contributed by atoms with E-state index in [4.69, 9.17) is 15.2 Å². The molecule has 0 saturated carbocycles. The lowest BCUT2D eigenvalue weighted by Gasteiger charge is -2.16. The number of esters is 2. The summed E-state index contributed by atoms with van der Waals surface area (Å²) in [7, 11) is 1.51. The van der Waals surface area contributed by atoms with Gasteiger partial charge in [0.25, 0.3) is 0 Å². The normalized spacial score (nSPS) is 10.8. The SMILES string of the molecule is COc1ccc(F)cc1-c1ncc(Nc2ccc(C)cc2C(=O)OC(=O)c2cc(C)ccc2Nc2cnc(-c3ccc(C(N)=O)cc3)c(C)c2)cc1C. The lowest BCUT2D eigenvalue weighted by atomic mass is 10.0. The predicted octanol–water partition coefficient (Wildman–Crippen LogP) is 8.78. The van der Waals surface area contributed by atoms with Gasteiger partial charge in [0.2, 0.25) is 5.91 Å². The van der Waals surface area contributed by atoms with Gasteiger partial charge in [-0.3, -0.25) is 14.8 Å². The summed E-state index contributed by atoms with van der Waals surface area (Å²) < 4.78 is 25.0. The summed E-state index contributed by atoms with van der Waals surface area (Å²) in [6, 6.07) is 25.2. The minimum Gasteiger partial charge on any atom is -0.496 e. The maximum Gasteiger partial charge on any atom is 0.348 e. The van der Waals surface area contributed by atoms with Crippen molar-refractivity contribution in [2.75, 3.05) is 17.7 Å². The zero-order valence-corrected chi connectivity index (χ0v) is 29.7. The number of methoxy groups -OCH3 is 1. The van der Waals surface area contributed by atoms with Crippen LogP contribution in [0.5, 0.6) is 5.75 Å². The van der Waals surface area contributed by atoms with Crippen molar-refractivity contribution in [3.05, 3.63) is 148 Å². The fourth-order valence-electron chi connectivity index (χ4n) is 5.91. The maximum atomic E-state index is 14.1. The highest BCUT2D eigenvalue weighted by Gasteiger charge is 2.22. The third kappa shape index (κ3) is 8.04. The molecule has 266 valence electrons. The Morgan fingerprint density at radius 2 is 1.19 bits per heavy atom. The first-order valence-electron chi connectivity index (χ1n) is 16.6. The number of halogens is 1. The molecule has 6 aromatic rings. The van der Waals surface area contributed by atoms with Crippen LogP contribution in [0.1, 0.15) is 53.3 Å². The number of nitrogens with one attached hydrogen (secondary N) is 2. The van der Waals surface area contributed by atoms with Gasteiger partial charge in [-0.25, -0.2) is 14.0 Å². The molecule has 4 N–H and O–H groups in total. The second-order valence-corrected chi connectivity index (χ2v) is 12.6. The van der Waals surface area contributed by atoms with Crippen LogP contribution in [-0.2, 0) is 4.74 Å². The molecule has 0 saturated heterocycles. The van der Waals surface area contributed by atoms with E-state index >= 15 is 0 Å². The second-order valence-electron chi connectivity index (χ2n) is 12.6. The van der Waals surface area contributed by atoms with Gasteiger partial charge >= 0.3 is 11.9 Å². The van der Waals surface area contributed by atoms with Gasteiger partial charge in [0.15, 0.2) is 0 Å². The molecular formula is C42H36FN5O5. The second kappa shape index (κ2) is 15.2. The summed E-state index contributed by atoms with van der Waals surface area (Å²) in [5.41, 5.74) is 13.8. The van der Waals surface area contributed by atoms with Crippen LogP contribution >= 0.6 is 0 Å². The van der Waals surface area contributed by atoms with E-state index in [2.05, 4.69) is 20.6 Å². The van der Waals surface area contributed by atoms with E-state index in [1.54, 1.807) is 67.0 Å². The molecule has 0 fully saturated rings. The molecule has 0 radical (unpaired) electrons. The molecule has 0 atom stereocenters. The molecular weight excluding hydrogens is 673 g/mol. The molecule has 6 rings (SSSR count). The molecule has 4 aromatic carbocycles. The summed E-state index contributed by atoms with van der Waals surface area (Å²) in [6.07, 6.45) is 3.20. The number of hydrogen-bond donors (Lipinski definition) is 3. The number of anilines is 4. The van der Waals surface area contributed by atoms with Crippen LogP contribution in [0.15, 0.2) is 103 Å². The molecule has 2 aromatic heterocycles. The fraction of sp³-hybridized carbons (Fsp3) is 0.119. The van der Waals surface area contributed by atoms with Crippen LogP contribution in [0.2, 0.25) is 0 Å². The zero-order valence-electron chi connectivity index (χ0n) is 29.7. The fourth-order valence-corrected chi connectivity index (χ4v) is 5.91. The molecule has 53 heavy (non-hydrogen) atoms. The lowest BCUT2D eigenvalue weighted by molar-refractivity contribution is 0.0399. The van der Waals surface area contributed by atoms with Gasteiger partial charge in [-0.05, 0) is 106 Å². The Morgan fingerprint density at radius 3 is 1.68 bits per heavy atom. The van der Waals surface area contributed by atoms with Gasteiger partial charge in [-0.1, -0.05) is 35.4 Å². The highest BCUT2D eigenvalue weighted by Crippen LogP contribution is 2.34. The highest BCUT2D eigenvalue weighted by atomic mass is 19.1. The number of nitrogens with two attached hydrogens (primary N) is 1. The number of primary amides is 1. The number of carbonyl (C=O) groups is 3. The minimum absolute atomic E-state index is 0.147. The summed E-state index contributed by atoms with van der Waals surface area (Å²) in [4.78, 5) is 47.9. The molecule has 1 amide bonds. The smallest absolute Gasteiger partial charge is 0.348 e. The third-order valence-electron chi connectivity index (χ3n) is 8.55. The minimum atomic E-state index is -0.844. The Hall–Kier alpha value is -6.88. The van der Waals surface area contributed by atoms with Crippen molar-refractivity contribution in [3.63, 3.8) is 0 Å². The van der Waals surface area contributed by atoms with Gasteiger partial charge in [0, 0.05) is 16.7 Å². The topological polar surface area (TPSA) is 146 Å².